The van der Waals surface area contributed by atoms with Gasteiger partial charge in [0.1, 0.15) is 5.82 Å². The van der Waals surface area contributed by atoms with E-state index in [4.69, 9.17) is 9.15 Å². The van der Waals surface area contributed by atoms with Crippen molar-refractivity contribution in [1.82, 2.24) is 5.32 Å². The molecule has 0 bridgehead atoms. The molecule has 0 unspecified atom stereocenters. The molecule has 0 saturated carbocycles. The Kier molecular flexibility index (Phi) is 5.43. The lowest BCUT2D eigenvalue weighted by atomic mass is 10.1. The number of rotatable bonds is 6. The van der Waals surface area contributed by atoms with Crippen molar-refractivity contribution in [2.75, 3.05) is 0 Å². The number of hydrogen-bond acceptors (Lipinski definition) is 4. The Morgan fingerprint density at radius 1 is 1.00 bits per heavy atom. The number of halogens is 1. The number of nitrogens with one attached hydrogen (secondary N) is 1. The smallest absolute Gasteiger partial charge is 0.375 e. The highest BCUT2D eigenvalue weighted by Gasteiger charge is 2.28. The number of esters is 1. The lowest BCUT2D eigenvalue weighted by Crippen LogP contribution is -2.32. The van der Waals surface area contributed by atoms with Gasteiger partial charge >= 0.3 is 5.97 Å². The molecule has 1 heterocycles. The standard InChI is InChI=1S/C20H16FNO4/c21-16-10-5-4-9-15(16)18(26-20(24)17-11-6-12-25-17)19(23)22-13-14-7-2-1-3-8-14/h1-12,18H,13H2,(H,22,23)/t18-/m0/s1. The third kappa shape index (κ3) is 4.16. The fourth-order valence-electron chi connectivity index (χ4n) is 2.38. The van der Waals surface area contributed by atoms with E-state index in [0.29, 0.717) is 0 Å². The highest BCUT2D eigenvalue weighted by atomic mass is 19.1. The van der Waals surface area contributed by atoms with Crippen LogP contribution in [0, 0.1) is 5.82 Å². The molecule has 0 spiro atoms. The van der Waals surface area contributed by atoms with E-state index in [1.54, 1.807) is 6.07 Å². The molecule has 0 aliphatic carbocycles. The zero-order valence-corrected chi connectivity index (χ0v) is 13.7. The van der Waals surface area contributed by atoms with E-state index in [1.807, 2.05) is 30.3 Å². The maximum Gasteiger partial charge on any atom is 0.375 e. The first-order valence-electron chi connectivity index (χ1n) is 7.95. The monoisotopic (exact) mass is 353 g/mol. The number of carbonyl (C=O) groups is 2. The summed E-state index contributed by atoms with van der Waals surface area (Å²) in [4.78, 5) is 24.7. The summed E-state index contributed by atoms with van der Waals surface area (Å²) in [6.07, 6.45) is -0.123. The van der Waals surface area contributed by atoms with Gasteiger partial charge in [-0.25, -0.2) is 9.18 Å². The molecular weight excluding hydrogens is 337 g/mol. The van der Waals surface area contributed by atoms with Crippen LogP contribution >= 0.6 is 0 Å². The van der Waals surface area contributed by atoms with Crippen LogP contribution in [0.1, 0.15) is 27.8 Å². The summed E-state index contributed by atoms with van der Waals surface area (Å²) in [6, 6.07) is 17.8. The number of amides is 1. The predicted octanol–water partition coefficient (Wildman–Crippen LogP) is 3.63. The van der Waals surface area contributed by atoms with Gasteiger partial charge in [-0.3, -0.25) is 4.79 Å². The first kappa shape index (κ1) is 17.4. The molecule has 5 nitrogen and oxygen atoms in total. The highest BCUT2D eigenvalue weighted by Crippen LogP contribution is 2.23. The molecule has 2 aromatic carbocycles. The molecule has 132 valence electrons. The molecule has 1 aromatic heterocycles. The minimum absolute atomic E-state index is 0.0297. The lowest BCUT2D eigenvalue weighted by molar-refractivity contribution is -0.130. The van der Waals surface area contributed by atoms with Crippen molar-refractivity contribution in [3.8, 4) is 0 Å². The molecule has 0 saturated heterocycles. The van der Waals surface area contributed by atoms with E-state index < -0.39 is 23.8 Å². The van der Waals surface area contributed by atoms with Crippen molar-refractivity contribution in [3.63, 3.8) is 0 Å². The average molecular weight is 353 g/mol. The first-order chi connectivity index (χ1) is 12.6. The molecule has 0 fully saturated rings. The van der Waals surface area contributed by atoms with Crippen LogP contribution in [0.25, 0.3) is 0 Å². The maximum atomic E-state index is 14.2. The third-order valence-corrected chi connectivity index (χ3v) is 3.68. The van der Waals surface area contributed by atoms with Crippen molar-refractivity contribution in [2.24, 2.45) is 0 Å². The molecule has 26 heavy (non-hydrogen) atoms. The first-order valence-corrected chi connectivity index (χ1v) is 7.95. The Balaban J connectivity index is 1.79. The normalized spacial score (nSPS) is 11.6. The lowest BCUT2D eigenvalue weighted by Gasteiger charge is -2.18. The second-order valence-corrected chi connectivity index (χ2v) is 5.49. The van der Waals surface area contributed by atoms with Crippen LogP contribution in [0.2, 0.25) is 0 Å². The van der Waals surface area contributed by atoms with Gasteiger partial charge in [0, 0.05) is 12.1 Å². The second-order valence-electron chi connectivity index (χ2n) is 5.49. The zero-order valence-electron chi connectivity index (χ0n) is 13.7. The van der Waals surface area contributed by atoms with Crippen LogP contribution in [0.5, 0.6) is 0 Å². The molecule has 0 radical (unpaired) electrons. The summed E-state index contributed by atoms with van der Waals surface area (Å²) >= 11 is 0. The molecule has 1 N–H and O–H groups in total. The van der Waals surface area contributed by atoms with E-state index in [2.05, 4.69) is 5.32 Å². The van der Waals surface area contributed by atoms with Gasteiger partial charge in [-0.05, 0) is 23.8 Å². The second kappa shape index (κ2) is 8.11. The Morgan fingerprint density at radius 2 is 1.73 bits per heavy atom. The Bertz CT molecular complexity index is 878. The Morgan fingerprint density at radius 3 is 2.42 bits per heavy atom. The maximum absolute atomic E-state index is 14.2. The Hall–Kier alpha value is -3.41. The van der Waals surface area contributed by atoms with Crippen LogP contribution in [-0.4, -0.2) is 11.9 Å². The van der Waals surface area contributed by atoms with E-state index in [9.17, 15) is 14.0 Å². The van der Waals surface area contributed by atoms with Gasteiger partial charge in [-0.1, -0.05) is 48.5 Å². The molecule has 0 aliphatic heterocycles. The Labute approximate surface area is 149 Å². The highest BCUT2D eigenvalue weighted by molar-refractivity contribution is 5.90. The predicted molar refractivity (Wildman–Crippen MR) is 91.6 cm³/mol. The van der Waals surface area contributed by atoms with Crippen molar-refractivity contribution in [3.05, 3.63) is 95.7 Å². The van der Waals surface area contributed by atoms with Gasteiger partial charge in [-0.2, -0.15) is 0 Å². The summed E-state index contributed by atoms with van der Waals surface area (Å²) in [6.45, 7) is 0.225. The minimum Gasteiger partial charge on any atom is -0.457 e. The van der Waals surface area contributed by atoms with E-state index in [0.717, 1.165) is 5.56 Å². The van der Waals surface area contributed by atoms with Crippen LogP contribution < -0.4 is 5.32 Å². The number of carbonyl (C=O) groups excluding carboxylic acids is 2. The van der Waals surface area contributed by atoms with Crippen LogP contribution in [0.4, 0.5) is 4.39 Å². The van der Waals surface area contributed by atoms with Gasteiger partial charge in [0.05, 0.1) is 6.26 Å². The molecule has 1 atom stereocenters. The molecule has 0 aliphatic rings. The molecule has 3 rings (SSSR count). The van der Waals surface area contributed by atoms with E-state index in [1.165, 1.54) is 36.6 Å². The third-order valence-electron chi connectivity index (χ3n) is 3.68. The van der Waals surface area contributed by atoms with E-state index in [-0.39, 0.29) is 17.9 Å². The van der Waals surface area contributed by atoms with Gasteiger partial charge in [-0.15, -0.1) is 0 Å². The summed E-state index contributed by atoms with van der Waals surface area (Å²) in [5.74, 6) is -2.18. The fourth-order valence-corrected chi connectivity index (χ4v) is 2.38. The van der Waals surface area contributed by atoms with Crippen molar-refractivity contribution in [1.29, 1.82) is 0 Å². The molecule has 6 heteroatoms. The van der Waals surface area contributed by atoms with Gasteiger partial charge in [0.2, 0.25) is 11.9 Å². The number of ether oxygens (including phenoxy) is 1. The molecule has 1 amide bonds. The summed E-state index contributed by atoms with van der Waals surface area (Å²) < 4.78 is 24.4. The molecule has 3 aromatic rings. The zero-order chi connectivity index (χ0) is 18.4. The number of hydrogen-bond donors (Lipinski definition) is 1. The quantitative estimate of drug-likeness (QED) is 0.687. The topological polar surface area (TPSA) is 68.5 Å². The largest absolute Gasteiger partial charge is 0.457 e. The van der Waals surface area contributed by atoms with E-state index >= 15 is 0 Å². The van der Waals surface area contributed by atoms with Gasteiger partial charge < -0.3 is 14.5 Å². The van der Waals surface area contributed by atoms with Crippen molar-refractivity contribution < 1.29 is 23.1 Å². The SMILES string of the molecule is O=C(O[C@H](C(=O)NCc1ccccc1)c1ccccc1F)c1ccco1. The van der Waals surface area contributed by atoms with Crippen LogP contribution in [0.15, 0.2) is 77.4 Å². The van der Waals surface area contributed by atoms with Crippen LogP contribution in [-0.2, 0) is 16.1 Å². The summed E-state index contributed by atoms with van der Waals surface area (Å²) in [5, 5.41) is 2.66. The minimum atomic E-state index is -1.43. The van der Waals surface area contributed by atoms with Crippen molar-refractivity contribution in [2.45, 2.75) is 12.6 Å². The van der Waals surface area contributed by atoms with Crippen molar-refractivity contribution >= 4 is 11.9 Å². The average Bonchev–Trinajstić information content (AvgIpc) is 3.20. The fraction of sp³-hybridized carbons (Fsp3) is 0.100. The number of benzene rings is 2. The summed E-state index contributed by atoms with van der Waals surface area (Å²) in [5.41, 5.74) is 0.837. The van der Waals surface area contributed by atoms with Gasteiger partial charge in [0.15, 0.2) is 0 Å². The molecular formula is C20H16FNO4. The van der Waals surface area contributed by atoms with Gasteiger partial charge in [0.25, 0.3) is 5.91 Å². The summed E-state index contributed by atoms with van der Waals surface area (Å²) in [7, 11) is 0. The van der Waals surface area contributed by atoms with Crippen LogP contribution in [0.3, 0.4) is 0 Å². The number of furan rings is 1.